The van der Waals surface area contributed by atoms with Gasteiger partial charge in [0, 0.05) is 25.9 Å². The summed E-state index contributed by atoms with van der Waals surface area (Å²) >= 11 is 0. The molecule has 8 nitrogen and oxygen atoms in total. The molecule has 0 aliphatic carbocycles. The molecule has 1 aromatic carbocycles. The maximum absolute atomic E-state index is 12.6. The van der Waals surface area contributed by atoms with Gasteiger partial charge in [-0.3, -0.25) is 19.2 Å². The molecule has 2 aliphatic heterocycles. The highest BCUT2D eigenvalue weighted by molar-refractivity contribution is 6.10. The van der Waals surface area contributed by atoms with Crippen LogP contribution in [0.4, 0.5) is 11.4 Å². The normalized spacial score (nSPS) is 22.0. The molecule has 0 bridgehead atoms. The number of anilines is 2. The summed E-state index contributed by atoms with van der Waals surface area (Å²) in [6.45, 7) is 2.53. The fourth-order valence-corrected chi connectivity index (χ4v) is 3.70. The van der Waals surface area contributed by atoms with Crippen molar-refractivity contribution in [3.8, 4) is 0 Å². The number of carboxylic acids is 1. The monoisotopic (exact) mass is 373 g/mol. The number of fused-ring (bicyclic) bond motifs is 1. The number of carbonyl (C=O) groups is 4. The summed E-state index contributed by atoms with van der Waals surface area (Å²) < 4.78 is 0. The zero-order valence-corrected chi connectivity index (χ0v) is 15.2. The van der Waals surface area contributed by atoms with Crippen molar-refractivity contribution in [1.82, 2.24) is 4.90 Å². The van der Waals surface area contributed by atoms with Crippen molar-refractivity contribution in [3.05, 3.63) is 24.3 Å². The lowest BCUT2D eigenvalue weighted by Crippen LogP contribution is -2.46. The lowest BCUT2D eigenvalue weighted by Gasteiger charge is -2.35. The maximum Gasteiger partial charge on any atom is 0.308 e. The van der Waals surface area contributed by atoms with Gasteiger partial charge in [0.25, 0.3) is 0 Å². The molecule has 1 aromatic rings. The van der Waals surface area contributed by atoms with Crippen molar-refractivity contribution < 1.29 is 24.3 Å². The summed E-state index contributed by atoms with van der Waals surface area (Å²) in [5.41, 5.74) is 1.19. The van der Waals surface area contributed by atoms with E-state index >= 15 is 0 Å². The first-order valence-corrected chi connectivity index (χ1v) is 9.05. The van der Waals surface area contributed by atoms with Crippen molar-refractivity contribution in [2.75, 3.05) is 29.9 Å². The molecular weight excluding hydrogens is 350 g/mol. The molecule has 0 aromatic heterocycles. The minimum Gasteiger partial charge on any atom is -0.481 e. The molecule has 3 amide bonds. The first-order chi connectivity index (χ1) is 12.8. The SMILES string of the molecule is CC1CC(C(=O)O)CN(C(=O)CCC(=O)N2CC(=O)Nc3ccccc32)C1. The number of para-hydroxylation sites is 2. The van der Waals surface area contributed by atoms with Gasteiger partial charge in [-0.15, -0.1) is 0 Å². The van der Waals surface area contributed by atoms with Crippen LogP contribution in [0.15, 0.2) is 24.3 Å². The molecule has 2 heterocycles. The Morgan fingerprint density at radius 3 is 2.59 bits per heavy atom. The number of hydrogen-bond donors (Lipinski definition) is 2. The topological polar surface area (TPSA) is 107 Å². The first-order valence-electron chi connectivity index (χ1n) is 9.05. The third kappa shape index (κ3) is 4.27. The van der Waals surface area contributed by atoms with Gasteiger partial charge in [-0.1, -0.05) is 19.1 Å². The van der Waals surface area contributed by atoms with E-state index in [1.807, 2.05) is 6.92 Å². The second kappa shape index (κ2) is 7.77. The van der Waals surface area contributed by atoms with Crippen LogP contribution < -0.4 is 10.2 Å². The van der Waals surface area contributed by atoms with Crippen molar-refractivity contribution in [2.24, 2.45) is 11.8 Å². The smallest absolute Gasteiger partial charge is 0.308 e. The number of likely N-dealkylation sites (tertiary alicyclic amines) is 1. The molecule has 0 radical (unpaired) electrons. The quantitative estimate of drug-likeness (QED) is 0.828. The maximum atomic E-state index is 12.6. The Labute approximate surface area is 157 Å². The Hall–Kier alpha value is -2.90. The number of nitrogens with one attached hydrogen (secondary N) is 1. The average Bonchev–Trinajstić information content (AvgIpc) is 2.64. The number of nitrogens with zero attached hydrogens (tertiary/aromatic N) is 2. The minimum absolute atomic E-state index is 0.00181. The molecule has 1 fully saturated rings. The van der Waals surface area contributed by atoms with Crippen LogP contribution in [-0.2, 0) is 19.2 Å². The highest BCUT2D eigenvalue weighted by Gasteiger charge is 2.32. The number of amides is 3. The Kier molecular flexibility index (Phi) is 5.43. The Morgan fingerprint density at radius 2 is 1.85 bits per heavy atom. The van der Waals surface area contributed by atoms with Crippen molar-refractivity contribution in [2.45, 2.75) is 26.2 Å². The summed E-state index contributed by atoms with van der Waals surface area (Å²) in [7, 11) is 0. The van der Waals surface area contributed by atoms with Crippen molar-refractivity contribution in [1.29, 1.82) is 0 Å². The second-order valence-electron chi connectivity index (χ2n) is 7.22. The van der Waals surface area contributed by atoms with E-state index in [2.05, 4.69) is 5.32 Å². The average molecular weight is 373 g/mol. The number of piperidine rings is 1. The van der Waals surface area contributed by atoms with Gasteiger partial charge in [0.2, 0.25) is 17.7 Å². The van der Waals surface area contributed by atoms with E-state index in [4.69, 9.17) is 0 Å². The van der Waals surface area contributed by atoms with E-state index in [9.17, 15) is 24.3 Å². The Balaban J connectivity index is 1.61. The highest BCUT2D eigenvalue weighted by atomic mass is 16.4. The largest absolute Gasteiger partial charge is 0.481 e. The number of carbonyl (C=O) groups excluding carboxylic acids is 3. The van der Waals surface area contributed by atoms with Gasteiger partial charge in [-0.2, -0.15) is 0 Å². The number of aliphatic carboxylic acids is 1. The van der Waals surface area contributed by atoms with Gasteiger partial charge in [0.05, 0.1) is 17.3 Å². The summed E-state index contributed by atoms with van der Waals surface area (Å²) in [6, 6.07) is 7.02. The molecule has 0 spiro atoms. The molecule has 1 saturated heterocycles. The van der Waals surface area contributed by atoms with Crippen LogP contribution in [0.5, 0.6) is 0 Å². The molecule has 0 saturated carbocycles. The lowest BCUT2D eigenvalue weighted by atomic mass is 9.90. The standard InChI is InChI=1S/C19H23N3O5/c1-12-8-13(19(26)27)10-21(9-12)17(24)6-7-18(25)22-11-16(23)20-14-4-2-3-5-15(14)22/h2-5,12-13H,6-11H2,1H3,(H,20,23)(H,26,27). The van der Waals surface area contributed by atoms with Crippen molar-refractivity contribution in [3.63, 3.8) is 0 Å². The summed E-state index contributed by atoms with van der Waals surface area (Å²) in [4.78, 5) is 51.1. The van der Waals surface area contributed by atoms with Crippen molar-refractivity contribution >= 4 is 35.1 Å². The third-order valence-corrected chi connectivity index (χ3v) is 4.99. The van der Waals surface area contributed by atoms with Crippen LogP contribution in [0, 0.1) is 11.8 Å². The number of carboxylic acid groups (broad SMARTS) is 1. The molecular formula is C19H23N3O5. The molecule has 3 rings (SSSR count). The number of benzene rings is 1. The van der Waals surface area contributed by atoms with Gasteiger partial charge in [-0.05, 0) is 24.5 Å². The van der Waals surface area contributed by atoms with E-state index in [0.29, 0.717) is 24.3 Å². The van der Waals surface area contributed by atoms with Crippen LogP contribution >= 0.6 is 0 Å². The summed E-state index contributed by atoms with van der Waals surface area (Å²) in [6.07, 6.45) is 0.527. The molecule has 2 N–H and O–H groups in total. The number of hydrogen-bond acceptors (Lipinski definition) is 4. The van der Waals surface area contributed by atoms with E-state index in [1.54, 1.807) is 24.3 Å². The molecule has 8 heteroatoms. The zero-order chi connectivity index (χ0) is 19.6. The Bertz CT molecular complexity index is 778. The van der Waals surface area contributed by atoms with E-state index < -0.39 is 11.9 Å². The van der Waals surface area contributed by atoms with E-state index in [-0.39, 0.29) is 49.6 Å². The van der Waals surface area contributed by atoms with E-state index in [1.165, 1.54) is 9.80 Å². The van der Waals surface area contributed by atoms with Crippen LogP contribution in [0.2, 0.25) is 0 Å². The van der Waals surface area contributed by atoms with Crippen LogP contribution in [0.1, 0.15) is 26.2 Å². The molecule has 144 valence electrons. The van der Waals surface area contributed by atoms with Gasteiger partial charge < -0.3 is 20.2 Å². The van der Waals surface area contributed by atoms with Gasteiger partial charge in [-0.25, -0.2) is 0 Å². The predicted molar refractivity (Wildman–Crippen MR) is 98.1 cm³/mol. The van der Waals surface area contributed by atoms with E-state index in [0.717, 1.165) is 0 Å². The highest BCUT2D eigenvalue weighted by Crippen LogP contribution is 2.29. The summed E-state index contributed by atoms with van der Waals surface area (Å²) in [5, 5.41) is 11.9. The van der Waals surface area contributed by atoms with Crippen LogP contribution in [0.3, 0.4) is 0 Å². The van der Waals surface area contributed by atoms with Gasteiger partial charge >= 0.3 is 5.97 Å². The first kappa shape index (κ1) is 18.9. The fraction of sp³-hybridized carbons (Fsp3) is 0.474. The predicted octanol–water partition coefficient (Wildman–Crippen LogP) is 1.32. The third-order valence-electron chi connectivity index (χ3n) is 4.99. The second-order valence-corrected chi connectivity index (χ2v) is 7.22. The fourth-order valence-electron chi connectivity index (χ4n) is 3.70. The van der Waals surface area contributed by atoms with Crippen LogP contribution in [-0.4, -0.2) is 53.3 Å². The lowest BCUT2D eigenvalue weighted by molar-refractivity contribution is -0.147. The minimum atomic E-state index is -0.897. The van der Waals surface area contributed by atoms with Crippen LogP contribution in [0.25, 0.3) is 0 Å². The number of rotatable bonds is 4. The molecule has 27 heavy (non-hydrogen) atoms. The molecule has 2 aliphatic rings. The van der Waals surface area contributed by atoms with Gasteiger partial charge in [0.1, 0.15) is 6.54 Å². The summed E-state index contributed by atoms with van der Waals surface area (Å²) in [5.74, 6) is -2.15. The zero-order valence-electron chi connectivity index (χ0n) is 15.2. The Morgan fingerprint density at radius 1 is 1.15 bits per heavy atom. The van der Waals surface area contributed by atoms with Gasteiger partial charge in [0.15, 0.2) is 0 Å². The molecule has 2 unspecified atom stereocenters. The molecule has 2 atom stereocenters.